The van der Waals surface area contributed by atoms with Gasteiger partial charge < -0.3 is 23.3 Å². The molecule has 0 bridgehead atoms. The van der Waals surface area contributed by atoms with Crippen molar-refractivity contribution in [3.05, 3.63) is 72.2 Å². The Morgan fingerprint density at radius 2 is 1.03 bits per heavy atom. The second-order valence-electron chi connectivity index (χ2n) is 9.01. The second kappa shape index (κ2) is 14.2. The molecule has 0 spiro atoms. The van der Waals surface area contributed by atoms with E-state index in [0.717, 1.165) is 60.1 Å². The lowest BCUT2D eigenvalue weighted by Crippen LogP contribution is -1.96. The van der Waals surface area contributed by atoms with Gasteiger partial charge in [-0.05, 0) is 61.4 Å². The number of ether oxygens (including phenoxy) is 3. The number of nitrogens with zero attached hydrogens (tertiary/aromatic N) is 2. The Bertz CT molecular complexity index is 1090. The monoisotopic (exact) mass is 504 g/mol. The molecule has 0 unspecified atom stereocenters. The second-order valence-corrected chi connectivity index (χ2v) is 9.01. The molecule has 0 fully saturated rings. The molecular formula is C30H36N2O5. The van der Waals surface area contributed by atoms with E-state index in [2.05, 4.69) is 24.2 Å². The summed E-state index contributed by atoms with van der Waals surface area (Å²) in [6.45, 7) is 6.42. The number of hydrogen-bond acceptors (Lipinski definition) is 7. The lowest BCUT2D eigenvalue weighted by Gasteiger charge is -2.05. The molecule has 7 nitrogen and oxygen atoms in total. The summed E-state index contributed by atoms with van der Waals surface area (Å²) in [5.41, 5.74) is 3.45. The summed E-state index contributed by atoms with van der Waals surface area (Å²) in [5.74, 6) is 3.02. The minimum absolute atomic E-state index is 0.283. The van der Waals surface area contributed by atoms with Crippen LogP contribution >= 0.6 is 0 Å². The van der Waals surface area contributed by atoms with Gasteiger partial charge in [0.15, 0.2) is 11.5 Å². The molecule has 0 atom stereocenters. The average molecular weight is 505 g/mol. The van der Waals surface area contributed by atoms with Crippen LogP contribution in [-0.2, 0) is 18.0 Å². The quantitative estimate of drug-likeness (QED) is 0.144. The fourth-order valence-electron chi connectivity index (χ4n) is 3.81. The van der Waals surface area contributed by atoms with Gasteiger partial charge in [0.05, 0.1) is 13.2 Å². The maximum atomic E-state index is 5.77. The summed E-state index contributed by atoms with van der Waals surface area (Å²) in [6.07, 6.45) is 6.88. The van der Waals surface area contributed by atoms with Crippen LogP contribution in [0.25, 0.3) is 22.5 Å². The van der Waals surface area contributed by atoms with Crippen LogP contribution in [0.4, 0.5) is 0 Å². The standard InChI is InChI=1S/C30H36N2O5/c1-3-5-7-17-34-25-13-9-23(10-14-25)29-19-27(36-31-29)21-33-22-28-20-30(32-37-28)24-11-15-26(16-12-24)35-18-8-6-4-2/h9-16,19-20H,3-8,17-18,21-22H2,1-2H3. The van der Waals surface area contributed by atoms with Crippen LogP contribution in [0.5, 0.6) is 11.5 Å². The molecule has 4 aromatic rings. The van der Waals surface area contributed by atoms with Gasteiger partial charge in [-0.2, -0.15) is 0 Å². The van der Waals surface area contributed by atoms with Gasteiger partial charge in [-0.1, -0.05) is 49.8 Å². The van der Waals surface area contributed by atoms with E-state index in [1.807, 2.05) is 60.7 Å². The van der Waals surface area contributed by atoms with Gasteiger partial charge in [-0.25, -0.2) is 0 Å². The van der Waals surface area contributed by atoms with Gasteiger partial charge in [0, 0.05) is 23.3 Å². The van der Waals surface area contributed by atoms with E-state index in [1.54, 1.807) is 0 Å². The molecule has 0 aliphatic carbocycles. The van der Waals surface area contributed by atoms with E-state index < -0.39 is 0 Å². The Kier molecular flexibility index (Phi) is 10.2. The lowest BCUT2D eigenvalue weighted by atomic mass is 10.1. The topological polar surface area (TPSA) is 79.8 Å². The molecule has 2 heterocycles. The van der Waals surface area contributed by atoms with Crippen LogP contribution in [-0.4, -0.2) is 23.5 Å². The minimum Gasteiger partial charge on any atom is -0.494 e. The van der Waals surface area contributed by atoms with Crippen molar-refractivity contribution in [1.82, 2.24) is 10.3 Å². The van der Waals surface area contributed by atoms with Gasteiger partial charge >= 0.3 is 0 Å². The highest BCUT2D eigenvalue weighted by atomic mass is 16.5. The van der Waals surface area contributed by atoms with Crippen molar-refractivity contribution in [3.8, 4) is 34.0 Å². The third-order valence-corrected chi connectivity index (χ3v) is 5.94. The van der Waals surface area contributed by atoms with Crippen molar-refractivity contribution in [2.45, 2.75) is 65.6 Å². The molecule has 37 heavy (non-hydrogen) atoms. The third-order valence-electron chi connectivity index (χ3n) is 5.94. The predicted octanol–water partition coefficient (Wildman–Crippen LogP) is 7.85. The van der Waals surface area contributed by atoms with Crippen LogP contribution < -0.4 is 9.47 Å². The zero-order chi connectivity index (χ0) is 25.7. The van der Waals surface area contributed by atoms with Crippen LogP contribution in [0.2, 0.25) is 0 Å². The number of aromatic nitrogens is 2. The fourth-order valence-corrected chi connectivity index (χ4v) is 3.81. The largest absolute Gasteiger partial charge is 0.494 e. The summed E-state index contributed by atoms with van der Waals surface area (Å²) in [4.78, 5) is 0. The average Bonchev–Trinajstić information content (AvgIpc) is 3.60. The normalized spacial score (nSPS) is 11.1. The van der Waals surface area contributed by atoms with E-state index in [9.17, 15) is 0 Å². The van der Waals surface area contributed by atoms with Crippen molar-refractivity contribution in [3.63, 3.8) is 0 Å². The lowest BCUT2D eigenvalue weighted by molar-refractivity contribution is 0.0727. The summed E-state index contributed by atoms with van der Waals surface area (Å²) >= 11 is 0. The van der Waals surface area contributed by atoms with Crippen LogP contribution in [0.1, 0.15) is 63.9 Å². The molecule has 0 aliphatic rings. The van der Waals surface area contributed by atoms with E-state index in [1.165, 1.54) is 25.7 Å². The van der Waals surface area contributed by atoms with Crippen LogP contribution in [0.3, 0.4) is 0 Å². The first kappa shape index (κ1) is 26.5. The van der Waals surface area contributed by atoms with Crippen LogP contribution in [0, 0.1) is 0 Å². The third kappa shape index (κ3) is 8.22. The minimum atomic E-state index is 0.283. The molecule has 7 heteroatoms. The molecule has 4 rings (SSSR count). The summed E-state index contributed by atoms with van der Waals surface area (Å²) < 4.78 is 28.2. The van der Waals surface area contributed by atoms with Gasteiger partial charge in [0.25, 0.3) is 0 Å². The highest BCUT2D eigenvalue weighted by Crippen LogP contribution is 2.25. The molecule has 0 radical (unpaired) electrons. The first-order valence-corrected chi connectivity index (χ1v) is 13.2. The molecular weight excluding hydrogens is 468 g/mol. The van der Waals surface area contributed by atoms with Crippen molar-refractivity contribution in [2.75, 3.05) is 13.2 Å². The van der Waals surface area contributed by atoms with Crippen molar-refractivity contribution in [1.29, 1.82) is 0 Å². The predicted molar refractivity (Wildman–Crippen MR) is 142 cm³/mol. The molecule has 0 saturated carbocycles. The Labute approximate surface area is 218 Å². The van der Waals surface area contributed by atoms with E-state index in [4.69, 9.17) is 23.3 Å². The molecule has 0 amide bonds. The number of unbranched alkanes of at least 4 members (excludes halogenated alkanes) is 4. The van der Waals surface area contributed by atoms with Crippen LogP contribution in [0.15, 0.2) is 69.7 Å². The van der Waals surface area contributed by atoms with Gasteiger partial charge in [0.1, 0.15) is 36.1 Å². The molecule has 196 valence electrons. The zero-order valence-electron chi connectivity index (χ0n) is 21.8. The maximum Gasteiger partial charge on any atom is 0.163 e. The number of hydrogen-bond donors (Lipinski definition) is 0. The van der Waals surface area contributed by atoms with Crippen molar-refractivity contribution < 1.29 is 23.3 Å². The van der Waals surface area contributed by atoms with Crippen molar-refractivity contribution in [2.24, 2.45) is 0 Å². The molecule has 0 N–H and O–H groups in total. The van der Waals surface area contributed by atoms with E-state index in [-0.39, 0.29) is 13.2 Å². The van der Waals surface area contributed by atoms with Gasteiger partial charge in [-0.15, -0.1) is 0 Å². The summed E-state index contributed by atoms with van der Waals surface area (Å²) in [7, 11) is 0. The Balaban J connectivity index is 1.22. The first-order chi connectivity index (χ1) is 18.2. The Morgan fingerprint density at radius 1 is 0.595 bits per heavy atom. The highest BCUT2D eigenvalue weighted by Gasteiger charge is 2.10. The van der Waals surface area contributed by atoms with Crippen molar-refractivity contribution >= 4 is 0 Å². The smallest absolute Gasteiger partial charge is 0.163 e. The summed E-state index contributed by atoms with van der Waals surface area (Å²) in [6, 6.07) is 19.5. The molecule has 2 aromatic heterocycles. The highest BCUT2D eigenvalue weighted by molar-refractivity contribution is 5.60. The van der Waals surface area contributed by atoms with E-state index >= 15 is 0 Å². The number of benzene rings is 2. The number of rotatable bonds is 16. The Hall–Kier alpha value is -3.58. The maximum absolute atomic E-state index is 5.77. The van der Waals surface area contributed by atoms with Gasteiger partial charge in [-0.3, -0.25) is 0 Å². The van der Waals surface area contributed by atoms with E-state index in [0.29, 0.717) is 11.5 Å². The fraction of sp³-hybridized carbons (Fsp3) is 0.400. The molecule has 0 aliphatic heterocycles. The van der Waals surface area contributed by atoms with Gasteiger partial charge in [0.2, 0.25) is 0 Å². The Morgan fingerprint density at radius 3 is 1.43 bits per heavy atom. The molecule has 0 saturated heterocycles. The summed E-state index contributed by atoms with van der Waals surface area (Å²) in [5, 5.41) is 8.33. The SMILES string of the molecule is CCCCCOc1ccc(-c2cc(COCc3cc(-c4ccc(OCCCCC)cc4)no3)on2)cc1. The molecule has 2 aromatic carbocycles. The first-order valence-electron chi connectivity index (χ1n) is 13.2. The zero-order valence-corrected chi connectivity index (χ0v) is 21.8.